The molecule has 0 aromatic heterocycles. The monoisotopic (exact) mass is 280 g/mol. The standard InChI is InChI=1S/C16H24N2.ClH/c1-18(12-13-5-4-10-17-11-13)16-9-8-14-6-2-3-7-15(14)16;/h2-3,6-7,13,16-17H,4-5,8-12H2,1H3;1H. The van der Waals surface area contributed by atoms with E-state index in [9.17, 15) is 0 Å². The summed E-state index contributed by atoms with van der Waals surface area (Å²) in [4.78, 5) is 2.59. The van der Waals surface area contributed by atoms with Crippen molar-refractivity contribution in [2.24, 2.45) is 5.92 Å². The van der Waals surface area contributed by atoms with Crippen LogP contribution in [0.15, 0.2) is 24.3 Å². The van der Waals surface area contributed by atoms with Gasteiger partial charge in [-0.15, -0.1) is 12.4 Å². The zero-order chi connectivity index (χ0) is 12.4. The second-order valence-corrected chi connectivity index (χ2v) is 5.91. The van der Waals surface area contributed by atoms with Crippen molar-refractivity contribution in [3.63, 3.8) is 0 Å². The van der Waals surface area contributed by atoms with Crippen LogP contribution in [0.5, 0.6) is 0 Å². The lowest BCUT2D eigenvalue weighted by molar-refractivity contribution is 0.188. The third-order valence-corrected chi connectivity index (χ3v) is 4.58. The van der Waals surface area contributed by atoms with E-state index in [1.54, 1.807) is 11.1 Å². The number of rotatable bonds is 3. The number of benzene rings is 1. The zero-order valence-corrected chi connectivity index (χ0v) is 12.6. The first-order chi connectivity index (χ1) is 8.84. The minimum Gasteiger partial charge on any atom is -0.316 e. The number of nitrogens with one attached hydrogen (secondary N) is 1. The van der Waals surface area contributed by atoms with Crippen LogP contribution in [0.4, 0.5) is 0 Å². The van der Waals surface area contributed by atoms with Gasteiger partial charge in [0.25, 0.3) is 0 Å². The predicted molar refractivity (Wildman–Crippen MR) is 83.0 cm³/mol. The van der Waals surface area contributed by atoms with E-state index >= 15 is 0 Å². The summed E-state index contributed by atoms with van der Waals surface area (Å²) < 4.78 is 0. The Morgan fingerprint density at radius 1 is 1.26 bits per heavy atom. The number of hydrogen-bond donors (Lipinski definition) is 1. The van der Waals surface area contributed by atoms with Gasteiger partial charge in [0, 0.05) is 12.6 Å². The first-order valence-electron chi connectivity index (χ1n) is 7.33. The fourth-order valence-electron chi connectivity index (χ4n) is 3.61. The Hall–Kier alpha value is -0.570. The van der Waals surface area contributed by atoms with Gasteiger partial charge in [-0.05, 0) is 62.9 Å². The Morgan fingerprint density at radius 3 is 2.89 bits per heavy atom. The second-order valence-electron chi connectivity index (χ2n) is 5.91. The van der Waals surface area contributed by atoms with Crippen molar-refractivity contribution >= 4 is 12.4 Å². The highest BCUT2D eigenvalue weighted by Crippen LogP contribution is 2.35. The van der Waals surface area contributed by atoms with Crippen molar-refractivity contribution in [1.29, 1.82) is 0 Å². The molecule has 19 heavy (non-hydrogen) atoms. The summed E-state index contributed by atoms with van der Waals surface area (Å²) in [6.07, 6.45) is 5.30. The zero-order valence-electron chi connectivity index (χ0n) is 11.8. The van der Waals surface area contributed by atoms with E-state index < -0.39 is 0 Å². The minimum atomic E-state index is 0. The third-order valence-electron chi connectivity index (χ3n) is 4.58. The van der Waals surface area contributed by atoms with Crippen LogP contribution in [0, 0.1) is 5.92 Å². The molecule has 2 unspecified atom stereocenters. The molecule has 1 N–H and O–H groups in total. The number of fused-ring (bicyclic) bond motifs is 1. The molecule has 1 aromatic carbocycles. The first-order valence-corrected chi connectivity index (χ1v) is 7.33. The molecule has 2 nitrogen and oxygen atoms in total. The lowest BCUT2D eigenvalue weighted by Crippen LogP contribution is -2.37. The maximum atomic E-state index is 3.52. The molecule has 1 saturated heterocycles. The van der Waals surface area contributed by atoms with Gasteiger partial charge in [-0.3, -0.25) is 4.90 Å². The van der Waals surface area contributed by atoms with Crippen LogP contribution >= 0.6 is 12.4 Å². The van der Waals surface area contributed by atoms with Gasteiger partial charge in [0.2, 0.25) is 0 Å². The summed E-state index contributed by atoms with van der Waals surface area (Å²) in [6, 6.07) is 9.64. The van der Waals surface area contributed by atoms with Crippen LogP contribution in [0.3, 0.4) is 0 Å². The Labute approximate surface area is 123 Å². The summed E-state index contributed by atoms with van der Waals surface area (Å²) in [5.74, 6) is 0.844. The Bertz CT molecular complexity index is 401. The van der Waals surface area contributed by atoms with Gasteiger partial charge in [0.05, 0.1) is 0 Å². The number of halogens is 1. The molecule has 1 fully saturated rings. The molecule has 0 bridgehead atoms. The van der Waals surface area contributed by atoms with Crippen molar-refractivity contribution < 1.29 is 0 Å². The highest BCUT2D eigenvalue weighted by molar-refractivity contribution is 5.85. The predicted octanol–water partition coefficient (Wildman–Crippen LogP) is 3.03. The number of piperidine rings is 1. The molecule has 0 saturated carbocycles. The van der Waals surface area contributed by atoms with Gasteiger partial charge in [-0.25, -0.2) is 0 Å². The molecule has 0 spiro atoms. The van der Waals surface area contributed by atoms with E-state index in [0.717, 1.165) is 5.92 Å². The first kappa shape index (κ1) is 14.8. The highest BCUT2D eigenvalue weighted by atomic mass is 35.5. The summed E-state index contributed by atoms with van der Waals surface area (Å²) in [7, 11) is 2.31. The van der Waals surface area contributed by atoms with Crippen molar-refractivity contribution in [1.82, 2.24) is 10.2 Å². The SMILES string of the molecule is CN(CC1CCCNC1)C1CCc2ccccc21.Cl. The van der Waals surface area contributed by atoms with Gasteiger partial charge in [0.15, 0.2) is 0 Å². The lowest BCUT2D eigenvalue weighted by atomic mass is 9.98. The molecule has 1 aliphatic heterocycles. The smallest absolute Gasteiger partial charge is 0.0351 e. The number of nitrogens with zero attached hydrogens (tertiary/aromatic N) is 1. The molecule has 2 atom stereocenters. The van der Waals surface area contributed by atoms with Crippen LogP contribution in [0.25, 0.3) is 0 Å². The van der Waals surface area contributed by atoms with Crippen molar-refractivity contribution in [2.45, 2.75) is 31.7 Å². The number of aryl methyl sites for hydroxylation is 1. The summed E-state index contributed by atoms with van der Waals surface area (Å²) >= 11 is 0. The average Bonchev–Trinajstić information content (AvgIpc) is 2.84. The lowest BCUT2D eigenvalue weighted by Gasteiger charge is -2.31. The Kier molecular flexibility index (Phi) is 5.26. The topological polar surface area (TPSA) is 15.3 Å². The Balaban J connectivity index is 0.00000133. The van der Waals surface area contributed by atoms with Crippen molar-refractivity contribution in [3.05, 3.63) is 35.4 Å². The van der Waals surface area contributed by atoms with E-state index in [1.165, 1.54) is 45.3 Å². The second kappa shape index (κ2) is 6.74. The molecule has 0 radical (unpaired) electrons. The minimum absolute atomic E-state index is 0. The van der Waals surface area contributed by atoms with E-state index in [0.29, 0.717) is 6.04 Å². The molecule has 1 aromatic rings. The number of hydrogen-bond acceptors (Lipinski definition) is 2. The van der Waals surface area contributed by atoms with Gasteiger partial charge in [-0.2, -0.15) is 0 Å². The Morgan fingerprint density at radius 2 is 2.11 bits per heavy atom. The summed E-state index contributed by atoms with van der Waals surface area (Å²) in [5, 5.41) is 3.52. The molecule has 3 rings (SSSR count). The van der Waals surface area contributed by atoms with Crippen LogP contribution in [0.2, 0.25) is 0 Å². The van der Waals surface area contributed by atoms with E-state index in [4.69, 9.17) is 0 Å². The largest absolute Gasteiger partial charge is 0.316 e. The molecule has 3 heteroatoms. The van der Waals surface area contributed by atoms with Gasteiger partial charge in [-0.1, -0.05) is 24.3 Å². The van der Waals surface area contributed by atoms with Crippen LogP contribution in [-0.2, 0) is 6.42 Å². The van der Waals surface area contributed by atoms with Crippen molar-refractivity contribution in [3.8, 4) is 0 Å². The van der Waals surface area contributed by atoms with Gasteiger partial charge < -0.3 is 5.32 Å². The molecular formula is C16H25ClN2. The van der Waals surface area contributed by atoms with E-state index in [-0.39, 0.29) is 12.4 Å². The summed E-state index contributed by atoms with van der Waals surface area (Å²) in [6.45, 7) is 3.66. The maximum absolute atomic E-state index is 3.52. The molecule has 0 amide bonds. The van der Waals surface area contributed by atoms with E-state index in [2.05, 4.69) is 41.5 Å². The maximum Gasteiger partial charge on any atom is 0.0351 e. The van der Waals surface area contributed by atoms with Gasteiger partial charge in [0.1, 0.15) is 0 Å². The third kappa shape index (κ3) is 3.31. The molecule has 2 aliphatic rings. The van der Waals surface area contributed by atoms with Gasteiger partial charge >= 0.3 is 0 Å². The molecule has 1 heterocycles. The quantitative estimate of drug-likeness (QED) is 0.916. The van der Waals surface area contributed by atoms with Crippen LogP contribution in [-0.4, -0.2) is 31.6 Å². The van der Waals surface area contributed by atoms with E-state index in [1.807, 2.05) is 0 Å². The normalized spacial score (nSPS) is 26.0. The highest BCUT2D eigenvalue weighted by Gasteiger charge is 2.27. The average molecular weight is 281 g/mol. The van der Waals surface area contributed by atoms with Crippen molar-refractivity contribution in [2.75, 3.05) is 26.7 Å². The molecular weight excluding hydrogens is 256 g/mol. The molecule has 1 aliphatic carbocycles. The van der Waals surface area contributed by atoms with Crippen LogP contribution in [0.1, 0.15) is 36.4 Å². The molecule has 106 valence electrons. The fraction of sp³-hybridized carbons (Fsp3) is 0.625. The summed E-state index contributed by atoms with van der Waals surface area (Å²) in [5.41, 5.74) is 3.14. The fourth-order valence-corrected chi connectivity index (χ4v) is 3.61. The van der Waals surface area contributed by atoms with Crippen LogP contribution < -0.4 is 5.32 Å².